The molecule has 0 aliphatic heterocycles. The van der Waals surface area contributed by atoms with Crippen LogP contribution >= 0.6 is 0 Å². The molecular weight excluding hydrogens is 600 g/mol. The third kappa shape index (κ3) is 4.63. The van der Waals surface area contributed by atoms with Crippen molar-refractivity contribution in [2.75, 3.05) is 0 Å². The van der Waals surface area contributed by atoms with Crippen molar-refractivity contribution < 1.29 is 19.2 Å². The molecule has 4 aromatic heterocycles. The average molecular weight is 623 g/mol. The van der Waals surface area contributed by atoms with Gasteiger partial charge in [0.25, 0.3) is 0 Å². The zero-order valence-electron chi connectivity index (χ0n) is 25.1. The monoisotopic (exact) mass is 622 g/mol. The molecule has 4 aromatic carbocycles. The molecule has 226 valence electrons. The van der Waals surface area contributed by atoms with Crippen LogP contribution in [-0.4, -0.2) is 45.1 Å². The van der Waals surface area contributed by atoms with Gasteiger partial charge in [-0.15, -0.1) is 0 Å². The minimum atomic E-state index is 0.486. The van der Waals surface area contributed by atoms with Crippen molar-refractivity contribution in [2.24, 2.45) is 0 Å². The molecule has 0 saturated carbocycles. The molecule has 4 heterocycles. The normalized spacial score (nSPS) is 11.2. The average Bonchev–Trinajstić information content (AvgIpc) is 3.16. The number of rotatable bonds is 8. The smallest absolute Gasteiger partial charge is 0.150 e. The minimum absolute atomic E-state index is 0.486. The van der Waals surface area contributed by atoms with Crippen LogP contribution in [0.4, 0.5) is 0 Å². The topological polar surface area (TPSA) is 120 Å². The van der Waals surface area contributed by atoms with E-state index in [0.717, 1.165) is 79.7 Å². The molecule has 0 radical (unpaired) electrons. The molecule has 0 bridgehead atoms. The Hall–Kier alpha value is -6.80. The molecule has 0 atom stereocenters. The van der Waals surface area contributed by atoms with E-state index in [1.807, 2.05) is 36.4 Å². The summed E-state index contributed by atoms with van der Waals surface area (Å²) in [5.41, 5.74) is 7.48. The number of hydrogen-bond acceptors (Lipinski definition) is 8. The van der Waals surface area contributed by atoms with E-state index in [2.05, 4.69) is 19.9 Å². The summed E-state index contributed by atoms with van der Waals surface area (Å²) >= 11 is 0. The van der Waals surface area contributed by atoms with Gasteiger partial charge in [0.2, 0.25) is 0 Å². The van der Waals surface area contributed by atoms with E-state index in [4.69, 9.17) is 0 Å². The second-order valence-corrected chi connectivity index (χ2v) is 11.4. The van der Waals surface area contributed by atoms with Gasteiger partial charge < -0.3 is 0 Å². The zero-order chi connectivity index (χ0) is 32.8. The van der Waals surface area contributed by atoms with Crippen molar-refractivity contribution in [1.29, 1.82) is 0 Å². The highest BCUT2D eigenvalue weighted by molar-refractivity contribution is 6.31. The molecule has 8 rings (SSSR count). The van der Waals surface area contributed by atoms with Crippen LogP contribution < -0.4 is 0 Å². The number of carbonyl (C=O) groups is 4. The summed E-state index contributed by atoms with van der Waals surface area (Å²) < 4.78 is 0. The van der Waals surface area contributed by atoms with E-state index < -0.39 is 0 Å². The van der Waals surface area contributed by atoms with Crippen LogP contribution in [0.15, 0.2) is 110 Å². The quantitative estimate of drug-likeness (QED) is 0.123. The van der Waals surface area contributed by atoms with Crippen molar-refractivity contribution in [3.8, 4) is 45.0 Å². The van der Waals surface area contributed by atoms with E-state index in [9.17, 15) is 19.2 Å². The van der Waals surface area contributed by atoms with Gasteiger partial charge in [-0.25, -0.2) is 0 Å². The van der Waals surface area contributed by atoms with Crippen molar-refractivity contribution in [3.63, 3.8) is 0 Å². The number of pyridine rings is 4. The fourth-order valence-electron chi connectivity index (χ4n) is 6.51. The lowest BCUT2D eigenvalue weighted by Crippen LogP contribution is -1.97. The molecule has 0 unspecified atom stereocenters. The zero-order valence-corrected chi connectivity index (χ0v) is 25.1. The van der Waals surface area contributed by atoms with Gasteiger partial charge in [0, 0.05) is 69.3 Å². The molecule has 8 heteroatoms. The van der Waals surface area contributed by atoms with Gasteiger partial charge >= 0.3 is 0 Å². The summed E-state index contributed by atoms with van der Waals surface area (Å²) in [6.45, 7) is 0. The Labute approximate surface area is 273 Å². The minimum Gasteiger partial charge on any atom is -0.298 e. The maximum atomic E-state index is 11.8. The lowest BCUT2D eigenvalue weighted by atomic mass is 9.83. The van der Waals surface area contributed by atoms with Gasteiger partial charge in [-0.2, -0.15) is 0 Å². The van der Waals surface area contributed by atoms with Crippen LogP contribution in [-0.2, 0) is 0 Å². The Morgan fingerprint density at radius 3 is 0.812 bits per heavy atom. The van der Waals surface area contributed by atoms with E-state index in [1.54, 1.807) is 73.3 Å². The molecule has 0 aliphatic carbocycles. The number of nitrogens with zero attached hydrogens (tertiary/aromatic N) is 4. The van der Waals surface area contributed by atoms with Gasteiger partial charge in [0.1, 0.15) is 25.1 Å². The fourth-order valence-corrected chi connectivity index (χ4v) is 6.51. The SMILES string of the molecule is O=Cc1ccnc(-c2cc(-c3cc(C=O)ccn3)c3ccc4c(-c5cc(C=O)ccn5)cc(-c5cc(C=O)ccn5)c5ccc2c3c54)c1. The summed E-state index contributed by atoms with van der Waals surface area (Å²) in [7, 11) is 0. The van der Waals surface area contributed by atoms with Crippen LogP contribution in [0, 0.1) is 0 Å². The molecule has 0 fully saturated rings. The first-order valence-electron chi connectivity index (χ1n) is 15.0. The molecule has 0 saturated heterocycles. The summed E-state index contributed by atoms with van der Waals surface area (Å²) in [5.74, 6) is 0. The van der Waals surface area contributed by atoms with Gasteiger partial charge in [-0.1, -0.05) is 24.3 Å². The molecule has 0 aliphatic rings. The molecule has 0 spiro atoms. The predicted molar refractivity (Wildman–Crippen MR) is 185 cm³/mol. The number of benzene rings is 4. The van der Waals surface area contributed by atoms with E-state index >= 15 is 0 Å². The second-order valence-electron chi connectivity index (χ2n) is 11.4. The summed E-state index contributed by atoms with van der Waals surface area (Å²) in [4.78, 5) is 65.8. The third-order valence-electron chi connectivity index (χ3n) is 8.68. The number of hydrogen-bond donors (Lipinski definition) is 0. The molecule has 48 heavy (non-hydrogen) atoms. The summed E-state index contributed by atoms with van der Waals surface area (Å²) in [5, 5.41) is 5.38. The fraction of sp³-hybridized carbons (Fsp3) is 0. The number of aldehydes is 4. The highest BCUT2D eigenvalue weighted by Gasteiger charge is 2.22. The van der Waals surface area contributed by atoms with E-state index in [1.165, 1.54) is 0 Å². The Balaban J connectivity index is 1.58. The predicted octanol–water partition coefficient (Wildman–Crippen LogP) is 8.08. The summed E-state index contributed by atoms with van der Waals surface area (Å²) in [6, 6.07) is 25.8. The Kier molecular flexibility index (Phi) is 6.88. The molecular formula is C40H22N4O4. The Bertz CT molecular complexity index is 2260. The maximum absolute atomic E-state index is 11.8. The van der Waals surface area contributed by atoms with Crippen molar-refractivity contribution in [3.05, 3.63) is 132 Å². The molecule has 0 amide bonds. The van der Waals surface area contributed by atoms with Crippen LogP contribution in [0.3, 0.4) is 0 Å². The van der Waals surface area contributed by atoms with Gasteiger partial charge in [-0.05, 0) is 93.0 Å². The molecule has 8 nitrogen and oxygen atoms in total. The Morgan fingerprint density at radius 1 is 0.333 bits per heavy atom. The standard InChI is InChI=1S/C40H22N4O4/c45-19-23-5-9-41-35(13-23)31-17-33(37-15-25(21-47)7-11-43-37)29-3-4-30-34(38-16-26(22-48)8-12-44-38)18-32(36-14-24(20-46)6-10-42-36)28-2-1-27(31)39(29)40(28)30/h1-22H. The first-order chi connectivity index (χ1) is 23.6. The lowest BCUT2D eigenvalue weighted by molar-refractivity contribution is 0.111. The van der Waals surface area contributed by atoms with Crippen molar-refractivity contribution in [1.82, 2.24) is 19.9 Å². The number of aromatic nitrogens is 4. The van der Waals surface area contributed by atoms with E-state index in [0.29, 0.717) is 45.0 Å². The van der Waals surface area contributed by atoms with Gasteiger partial charge in [-0.3, -0.25) is 39.1 Å². The Morgan fingerprint density at radius 2 is 0.583 bits per heavy atom. The van der Waals surface area contributed by atoms with Gasteiger partial charge in [0.15, 0.2) is 0 Å². The highest BCUT2D eigenvalue weighted by atomic mass is 16.1. The summed E-state index contributed by atoms with van der Waals surface area (Å²) in [6.07, 6.45) is 9.58. The third-order valence-corrected chi connectivity index (χ3v) is 8.68. The lowest BCUT2D eigenvalue weighted by Gasteiger charge is -2.21. The van der Waals surface area contributed by atoms with Crippen molar-refractivity contribution in [2.45, 2.75) is 0 Å². The first kappa shape index (κ1) is 28.7. The van der Waals surface area contributed by atoms with Crippen LogP contribution in [0.2, 0.25) is 0 Å². The van der Waals surface area contributed by atoms with Crippen LogP contribution in [0.25, 0.3) is 77.3 Å². The highest BCUT2D eigenvalue weighted by Crippen LogP contribution is 2.47. The second kappa shape index (κ2) is 11.5. The van der Waals surface area contributed by atoms with Gasteiger partial charge in [0.05, 0.1) is 22.8 Å². The largest absolute Gasteiger partial charge is 0.298 e. The van der Waals surface area contributed by atoms with Crippen LogP contribution in [0.1, 0.15) is 41.4 Å². The van der Waals surface area contributed by atoms with Crippen molar-refractivity contribution >= 4 is 57.5 Å². The number of carbonyl (C=O) groups excluding carboxylic acids is 4. The van der Waals surface area contributed by atoms with E-state index in [-0.39, 0.29) is 0 Å². The van der Waals surface area contributed by atoms with Crippen LogP contribution in [0.5, 0.6) is 0 Å². The molecule has 8 aromatic rings. The molecule has 0 N–H and O–H groups in total. The maximum Gasteiger partial charge on any atom is 0.150 e. The first-order valence-corrected chi connectivity index (χ1v) is 15.0.